The van der Waals surface area contributed by atoms with Gasteiger partial charge in [-0.05, 0) is 15.9 Å². The Hall–Kier alpha value is -1.01. The molecule has 0 saturated heterocycles. The van der Waals surface area contributed by atoms with Gasteiger partial charge in [0.05, 0.1) is 5.56 Å². The van der Waals surface area contributed by atoms with Crippen molar-refractivity contribution in [3.05, 3.63) is 22.6 Å². The van der Waals surface area contributed by atoms with Crippen molar-refractivity contribution >= 4 is 21.7 Å². The Kier molecular flexibility index (Phi) is 3.12. The number of furan rings is 1. The SMILES string of the molecule is C#CCCC(=O)c1coc(Br)c1. The van der Waals surface area contributed by atoms with E-state index in [2.05, 4.69) is 21.9 Å². The zero-order valence-electron chi connectivity index (χ0n) is 6.34. The van der Waals surface area contributed by atoms with E-state index in [0.717, 1.165) is 0 Å². The monoisotopic (exact) mass is 226 g/mol. The number of Topliss-reactive ketones (excluding diaryl/α,β-unsaturated/α-hetero) is 1. The van der Waals surface area contributed by atoms with Gasteiger partial charge in [0.25, 0.3) is 0 Å². The van der Waals surface area contributed by atoms with Gasteiger partial charge in [-0.15, -0.1) is 12.3 Å². The second-order valence-electron chi connectivity index (χ2n) is 2.27. The fraction of sp³-hybridized carbons (Fsp3) is 0.222. The second-order valence-corrected chi connectivity index (χ2v) is 3.05. The molecule has 1 aromatic heterocycles. The van der Waals surface area contributed by atoms with E-state index in [9.17, 15) is 4.79 Å². The predicted octanol–water partition coefficient (Wildman–Crippen LogP) is 2.64. The van der Waals surface area contributed by atoms with E-state index < -0.39 is 0 Å². The van der Waals surface area contributed by atoms with Crippen molar-refractivity contribution in [1.82, 2.24) is 0 Å². The summed E-state index contributed by atoms with van der Waals surface area (Å²) < 4.78 is 5.47. The first kappa shape index (κ1) is 9.08. The summed E-state index contributed by atoms with van der Waals surface area (Å²) in [5, 5.41) is 0. The highest BCUT2D eigenvalue weighted by Gasteiger charge is 2.07. The molecule has 0 amide bonds. The molecule has 0 unspecified atom stereocenters. The summed E-state index contributed by atoms with van der Waals surface area (Å²) in [5.41, 5.74) is 0.567. The molecule has 0 bridgehead atoms. The van der Waals surface area contributed by atoms with Gasteiger partial charge in [0.15, 0.2) is 10.5 Å². The standard InChI is InChI=1S/C9H7BrO2/c1-2-3-4-8(11)7-5-9(10)12-6-7/h1,5-6H,3-4H2. The number of ketones is 1. The molecule has 0 aliphatic heterocycles. The predicted molar refractivity (Wildman–Crippen MR) is 48.8 cm³/mol. The van der Waals surface area contributed by atoms with Gasteiger partial charge in [-0.3, -0.25) is 4.79 Å². The molecular formula is C9H7BrO2. The van der Waals surface area contributed by atoms with Crippen LogP contribution in [0.4, 0.5) is 0 Å². The topological polar surface area (TPSA) is 30.2 Å². The van der Waals surface area contributed by atoms with Crippen molar-refractivity contribution in [2.45, 2.75) is 12.8 Å². The van der Waals surface area contributed by atoms with Crippen molar-refractivity contribution in [3.63, 3.8) is 0 Å². The molecule has 0 radical (unpaired) electrons. The van der Waals surface area contributed by atoms with Crippen molar-refractivity contribution in [2.75, 3.05) is 0 Å². The lowest BCUT2D eigenvalue weighted by Gasteiger charge is -1.89. The molecule has 0 saturated carbocycles. The maximum Gasteiger partial charge on any atom is 0.169 e. The first-order valence-corrected chi connectivity index (χ1v) is 4.24. The van der Waals surface area contributed by atoms with Crippen LogP contribution in [0.3, 0.4) is 0 Å². The van der Waals surface area contributed by atoms with Crippen LogP contribution in [0.2, 0.25) is 0 Å². The molecule has 0 atom stereocenters. The zero-order chi connectivity index (χ0) is 8.97. The van der Waals surface area contributed by atoms with Gasteiger partial charge in [0, 0.05) is 18.9 Å². The lowest BCUT2D eigenvalue weighted by molar-refractivity contribution is 0.0983. The first-order valence-electron chi connectivity index (χ1n) is 3.44. The minimum Gasteiger partial charge on any atom is -0.457 e. The lowest BCUT2D eigenvalue weighted by atomic mass is 10.1. The van der Waals surface area contributed by atoms with Crippen molar-refractivity contribution < 1.29 is 9.21 Å². The molecule has 0 aliphatic carbocycles. The average molecular weight is 227 g/mol. The molecule has 3 heteroatoms. The molecule has 62 valence electrons. The van der Waals surface area contributed by atoms with E-state index in [1.165, 1.54) is 6.26 Å². The maximum atomic E-state index is 11.2. The van der Waals surface area contributed by atoms with Gasteiger partial charge >= 0.3 is 0 Å². The highest BCUT2D eigenvalue weighted by Crippen LogP contribution is 2.15. The fourth-order valence-corrected chi connectivity index (χ4v) is 1.13. The molecule has 0 aliphatic rings. The van der Waals surface area contributed by atoms with Crippen LogP contribution in [0.25, 0.3) is 0 Å². The number of hydrogen-bond donors (Lipinski definition) is 0. The highest BCUT2D eigenvalue weighted by molar-refractivity contribution is 9.10. The van der Waals surface area contributed by atoms with Crippen LogP contribution in [-0.2, 0) is 0 Å². The largest absolute Gasteiger partial charge is 0.457 e. The van der Waals surface area contributed by atoms with Gasteiger partial charge in [-0.2, -0.15) is 0 Å². The van der Waals surface area contributed by atoms with Crippen LogP contribution in [0.1, 0.15) is 23.2 Å². The fourth-order valence-electron chi connectivity index (χ4n) is 0.786. The minimum atomic E-state index is 0.0161. The van der Waals surface area contributed by atoms with Crippen molar-refractivity contribution in [1.29, 1.82) is 0 Å². The Bertz CT molecular complexity index is 320. The van der Waals surface area contributed by atoms with Gasteiger partial charge in [-0.1, -0.05) is 0 Å². The third-order valence-corrected chi connectivity index (χ3v) is 1.80. The van der Waals surface area contributed by atoms with E-state index >= 15 is 0 Å². The molecule has 0 aromatic carbocycles. The lowest BCUT2D eigenvalue weighted by Crippen LogP contribution is -1.95. The summed E-state index contributed by atoms with van der Waals surface area (Å²) in [5.74, 6) is 2.43. The Labute approximate surface area is 79.1 Å². The molecule has 12 heavy (non-hydrogen) atoms. The Morgan fingerprint density at radius 3 is 3.00 bits per heavy atom. The number of carbonyl (C=O) groups excluding carboxylic acids is 1. The second kappa shape index (κ2) is 4.13. The smallest absolute Gasteiger partial charge is 0.169 e. The molecule has 1 aromatic rings. The summed E-state index contributed by atoms with van der Waals surface area (Å²) in [7, 11) is 0. The third kappa shape index (κ3) is 2.24. The number of halogens is 1. The van der Waals surface area contributed by atoms with Crippen LogP contribution in [0.15, 0.2) is 21.4 Å². The quantitative estimate of drug-likeness (QED) is 0.586. The Morgan fingerprint density at radius 1 is 1.75 bits per heavy atom. The molecule has 1 heterocycles. The highest BCUT2D eigenvalue weighted by atomic mass is 79.9. The van der Waals surface area contributed by atoms with E-state index in [1.54, 1.807) is 6.07 Å². The Balaban J connectivity index is 2.61. The molecule has 1 rings (SSSR count). The zero-order valence-corrected chi connectivity index (χ0v) is 7.93. The van der Waals surface area contributed by atoms with Crippen molar-refractivity contribution in [2.24, 2.45) is 0 Å². The first-order chi connectivity index (χ1) is 5.74. The van der Waals surface area contributed by atoms with Gasteiger partial charge in [0.2, 0.25) is 0 Å². The van der Waals surface area contributed by atoms with Crippen LogP contribution in [0.5, 0.6) is 0 Å². The third-order valence-electron chi connectivity index (χ3n) is 1.39. The summed E-state index contributed by atoms with van der Waals surface area (Å²) in [6.45, 7) is 0. The van der Waals surface area contributed by atoms with Crippen LogP contribution < -0.4 is 0 Å². The van der Waals surface area contributed by atoms with Crippen LogP contribution >= 0.6 is 15.9 Å². The summed E-state index contributed by atoms with van der Waals surface area (Å²) >= 11 is 3.11. The molecular weight excluding hydrogens is 220 g/mol. The summed E-state index contributed by atoms with van der Waals surface area (Å²) in [6.07, 6.45) is 7.30. The summed E-state index contributed by atoms with van der Waals surface area (Å²) in [6, 6.07) is 1.64. The summed E-state index contributed by atoms with van der Waals surface area (Å²) in [4.78, 5) is 11.2. The van der Waals surface area contributed by atoms with E-state index in [4.69, 9.17) is 10.8 Å². The molecule has 2 nitrogen and oxygen atoms in total. The van der Waals surface area contributed by atoms with Crippen LogP contribution in [-0.4, -0.2) is 5.78 Å². The van der Waals surface area contributed by atoms with E-state index in [0.29, 0.717) is 23.1 Å². The van der Waals surface area contributed by atoms with Gasteiger partial charge in [0.1, 0.15) is 6.26 Å². The molecule has 0 N–H and O–H groups in total. The van der Waals surface area contributed by atoms with Crippen LogP contribution in [0, 0.1) is 12.3 Å². The minimum absolute atomic E-state index is 0.0161. The Morgan fingerprint density at radius 2 is 2.50 bits per heavy atom. The maximum absolute atomic E-state index is 11.2. The van der Waals surface area contributed by atoms with E-state index in [-0.39, 0.29) is 5.78 Å². The van der Waals surface area contributed by atoms with E-state index in [1.807, 2.05) is 0 Å². The molecule has 0 spiro atoms. The molecule has 0 fully saturated rings. The van der Waals surface area contributed by atoms with Crippen molar-refractivity contribution in [3.8, 4) is 12.3 Å². The number of terminal acetylenes is 1. The van der Waals surface area contributed by atoms with Gasteiger partial charge in [-0.25, -0.2) is 0 Å². The number of carbonyl (C=O) groups is 1. The normalized spacial score (nSPS) is 9.33. The number of rotatable bonds is 3. The van der Waals surface area contributed by atoms with Gasteiger partial charge < -0.3 is 4.42 Å². The average Bonchev–Trinajstić information content (AvgIpc) is 2.47. The number of hydrogen-bond acceptors (Lipinski definition) is 2.